The molecule has 0 aromatic carbocycles. The second kappa shape index (κ2) is 4.74. The van der Waals surface area contributed by atoms with Crippen LogP contribution in [0.5, 0.6) is 0 Å². The highest BCUT2D eigenvalue weighted by atomic mass is 19.1. The normalized spacial score (nSPS) is 14.3. The first-order valence-electron chi connectivity index (χ1n) is 3.49. The second-order valence-electron chi connectivity index (χ2n) is 2.47. The van der Waals surface area contributed by atoms with Crippen LogP contribution in [0.2, 0.25) is 0 Å². The number of alkyl halides is 1. The summed E-state index contributed by atoms with van der Waals surface area (Å²) in [6, 6.07) is 0. The molecule has 1 atom stereocenters. The van der Waals surface area contributed by atoms with Crippen LogP contribution in [0.3, 0.4) is 0 Å². The zero-order chi connectivity index (χ0) is 7.28. The van der Waals surface area contributed by atoms with E-state index >= 15 is 0 Å². The van der Waals surface area contributed by atoms with Gasteiger partial charge in [-0.15, -0.1) is 0 Å². The first-order valence-corrected chi connectivity index (χ1v) is 3.49. The predicted octanol–water partition coefficient (Wildman–Crippen LogP) is 1.69. The summed E-state index contributed by atoms with van der Waals surface area (Å²) in [4.78, 5) is 2.11. The number of rotatable bonds is 4. The van der Waals surface area contributed by atoms with Gasteiger partial charge in [0.1, 0.15) is 0 Å². The van der Waals surface area contributed by atoms with Crippen LogP contribution in [-0.4, -0.2) is 31.2 Å². The molecule has 0 rings (SSSR count). The fourth-order valence-electron chi connectivity index (χ4n) is 0.556. The lowest BCUT2D eigenvalue weighted by Gasteiger charge is -2.13. The molecule has 9 heavy (non-hydrogen) atoms. The van der Waals surface area contributed by atoms with Gasteiger partial charge in [0.15, 0.2) is 0 Å². The van der Waals surface area contributed by atoms with Crippen LogP contribution in [0.4, 0.5) is 4.39 Å². The number of hydrogen-bond acceptors (Lipinski definition) is 1. The van der Waals surface area contributed by atoms with E-state index in [1.165, 1.54) is 0 Å². The Morgan fingerprint density at radius 2 is 2.11 bits per heavy atom. The van der Waals surface area contributed by atoms with E-state index in [0.29, 0.717) is 6.42 Å². The Bertz CT molecular complexity index is 63.9. The van der Waals surface area contributed by atoms with E-state index in [2.05, 4.69) is 11.8 Å². The van der Waals surface area contributed by atoms with Crippen molar-refractivity contribution in [3.05, 3.63) is 0 Å². The fraction of sp³-hybridized carbons (Fsp3) is 1.00. The summed E-state index contributed by atoms with van der Waals surface area (Å²) in [5.74, 6) is 0. The standard InChI is InChI=1S/C7H16FN/c1-4-9(3)6-5-7(2)8/h7H,4-6H2,1-3H3. The zero-order valence-electron chi connectivity index (χ0n) is 6.52. The molecule has 0 amide bonds. The van der Waals surface area contributed by atoms with Gasteiger partial charge < -0.3 is 4.90 Å². The van der Waals surface area contributed by atoms with Crippen LogP contribution >= 0.6 is 0 Å². The molecule has 0 aliphatic rings. The van der Waals surface area contributed by atoms with Gasteiger partial charge >= 0.3 is 0 Å². The summed E-state index contributed by atoms with van der Waals surface area (Å²) >= 11 is 0. The Hall–Kier alpha value is -0.110. The molecular weight excluding hydrogens is 117 g/mol. The molecule has 0 saturated heterocycles. The molecule has 0 fully saturated rings. The zero-order valence-corrected chi connectivity index (χ0v) is 6.52. The molecule has 0 radical (unpaired) electrons. The first-order chi connectivity index (χ1) is 4.16. The minimum Gasteiger partial charge on any atom is -0.307 e. The second-order valence-corrected chi connectivity index (χ2v) is 2.47. The Labute approximate surface area is 56.9 Å². The Balaban J connectivity index is 3.06. The molecule has 0 heterocycles. The maximum Gasteiger partial charge on any atom is 0.0985 e. The molecule has 0 N–H and O–H groups in total. The summed E-state index contributed by atoms with van der Waals surface area (Å²) in [5, 5.41) is 0. The van der Waals surface area contributed by atoms with Crippen molar-refractivity contribution in [1.29, 1.82) is 0 Å². The third-order valence-electron chi connectivity index (χ3n) is 1.45. The smallest absolute Gasteiger partial charge is 0.0985 e. The largest absolute Gasteiger partial charge is 0.307 e. The molecule has 1 nitrogen and oxygen atoms in total. The van der Waals surface area contributed by atoms with Crippen LogP contribution in [0.15, 0.2) is 0 Å². The van der Waals surface area contributed by atoms with Gasteiger partial charge in [-0.25, -0.2) is 4.39 Å². The lowest BCUT2D eigenvalue weighted by Crippen LogP contribution is -2.20. The molecule has 0 aliphatic carbocycles. The molecule has 0 spiro atoms. The van der Waals surface area contributed by atoms with E-state index in [1.807, 2.05) is 7.05 Å². The SMILES string of the molecule is CCN(C)CCC(C)F. The Morgan fingerprint density at radius 1 is 1.56 bits per heavy atom. The average molecular weight is 133 g/mol. The molecule has 0 bridgehead atoms. The van der Waals surface area contributed by atoms with E-state index in [4.69, 9.17) is 0 Å². The summed E-state index contributed by atoms with van der Waals surface area (Å²) < 4.78 is 12.2. The fourth-order valence-corrected chi connectivity index (χ4v) is 0.556. The van der Waals surface area contributed by atoms with Gasteiger partial charge in [-0.2, -0.15) is 0 Å². The first kappa shape index (κ1) is 8.89. The van der Waals surface area contributed by atoms with E-state index in [1.54, 1.807) is 6.92 Å². The predicted molar refractivity (Wildman–Crippen MR) is 38.4 cm³/mol. The van der Waals surface area contributed by atoms with Crippen molar-refractivity contribution in [3.63, 3.8) is 0 Å². The summed E-state index contributed by atoms with van der Waals surface area (Å²) in [6.45, 7) is 5.55. The maximum atomic E-state index is 12.2. The van der Waals surface area contributed by atoms with Gasteiger partial charge in [0.05, 0.1) is 6.17 Å². The van der Waals surface area contributed by atoms with Gasteiger partial charge in [-0.1, -0.05) is 6.92 Å². The summed E-state index contributed by atoms with van der Waals surface area (Å²) in [7, 11) is 2.00. The van der Waals surface area contributed by atoms with Crippen molar-refractivity contribution >= 4 is 0 Å². The van der Waals surface area contributed by atoms with Crippen molar-refractivity contribution in [1.82, 2.24) is 4.90 Å². The van der Waals surface area contributed by atoms with Crippen LogP contribution in [0, 0.1) is 0 Å². The van der Waals surface area contributed by atoms with Crippen LogP contribution in [-0.2, 0) is 0 Å². The minimum absolute atomic E-state index is 0.654. The van der Waals surface area contributed by atoms with Crippen LogP contribution in [0.25, 0.3) is 0 Å². The van der Waals surface area contributed by atoms with E-state index in [9.17, 15) is 4.39 Å². The van der Waals surface area contributed by atoms with Gasteiger partial charge in [-0.05, 0) is 26.9 Å². The van der Waals surface area contributed by atoms with Gasteiger partial charge in [0.2, 0.25) is 0 Å². The number of nitrogens with zero attached hydrogens (tertiary/aromatic N) is 1. The Kier molecular flexibility index (Phi) is 4.68. The van der Waals surface area contributed by atoms with E-state index in [0.717, 1.165) is 13.1 Å². The molecule has 56 valence electrons. The van der Waals surface area contributed by atoms with Crippen molar-refractivity contribution in [2.24, 2.45) is 0 Å². The lowest BCUT2D eigenvalue weighted by molar-refractivity contribution is 0.273. The quantitative estimate of drug-likeness (QED) is 0.564. The molecule has 2 heteroatoms. The van der Waals surface area contributed by atoms with Gasteiger partial charge in [-0.3, -0.25) is 0 Å². The van der Waals surface area contributed by atoms with Crippen molar-refractivity contribution < 1.29 is 4.39 Å². The van der Waals surface area contributed by atoms with Crippen molar-refractivity contribution in [2.45, 2.75) is 26.4 Å². The van der Waals surface area contributed by atoms with Crippen molar-refractivity contribution in [3.8, 4) is 0 Å². The average Bonchev–Trinajstić information content (AvgIpc) is 1.83. The monoisotopic (exact) mass is 133 g/mol. The molecule has 0 saturated carbocycles. The Morgan fingerprint density at radius 3 is 2.44 bits per heavy atom. The minimum atomic E-state index is -0.654. The molecule has 0 aromatic heterocycles. The van der Waals surface area contributed by atoms with Crippen molar-refractivity contribution in [2.75, 3.05) is 20.1 Å². The highest BCUT2D eigenvalue weighted by molar-refractivity contribution is 4.52. The molecule has 1 unspecified atom stereocenters. The number of hydrogen-bond donors (Lipinski definition) is 0. The van der Waals surface area contributed by atoms with Crippen LogP contribution in [0.1, 0.15) is 20.3 Å². The third-order valence-corrected chi connectivity index (χ3v) is 1.45. The highest BCUT2D eigenvalue weighted by Crippen LogP contribution is 1.96. The third kappa shape index (κ3) is 5.77. The van der Waals surface area contributed by atoms with E-state index in [-0.39, 0.29) is 0 Å². The van der Waals surface area contributed by atoms with Gasteiger partial charge in [0.25, 0.3) is 0 Å². The summed E-state index contributed by atoms with van der Waals surface area (Å²) in [5.41, 5.74) is 0. The topological polar surface area (TPSA) is 3.24 Å². The maximum absolute atomic E-state index is 12.2. The summed E-state index contributed by atoms with van der Waals surface area (Å²) in [6.07, 6.45) is 0.00338. The van der Waals surface area contributed by atoms with Crippen LogP contribution < -0.4 is 0 Å². The highest BCUT2D eigenvalue weighted by Gasteiger charge is 1.99. The lowest BCUT2D eigenvalue weighted by atomic mass is 10.3. The van der Waals surface area contributed by atoms with E-state index < -0.39 is 6.17 Å². The van der Waals surface area contributed by atoms with Gasteiger partial charge in [0, 0.05) is 6.54 Å². The molecule has 0 aliphatic heterocycles. The number of halogens is 1. The molecule has 0 aromatic rings. The molecular formula is C7H16FN.